The van der Waals surface area contributed by atoms with Crippen LogP contribution < -0.4 is 5.76 Å². The monoisotopic (exact) mass is 244 g/mol. The van der Waals surface area contributed by atoms with Crippen LogP contribution in [0.4, 0.5) is 4.39 Å². The van der Waals surface area contributed by atoms with Gasteiger partial charge < -0.3 is 4.74 Å². The number of carbonyl (C=O) groups excluding carboxylic acids is 1. The summed E-state index contributed by atoms with van der Waals surface area (Å²) in [6.07, 6.45) is 3.58. The number of methoxy groups -OCH3 is 1. The van der Waals surface area contributed by atoms with Crippen molar-refractivity contribution >= 4 is 5.97 Å². The number of hydrogen-bond donors (Lipinski definition) is 0. The first-order chi connectivity index (χ1) is 8.13. The third kappa shape index (κ3) is 4.62. The van der Waals surface area contributed by atoms with Crippen LogP contribution in [-0.2, 0) is 16.1 Å². The molecule has 0 N–H and O–H groups in total. The molecule has 1 aromatic rings. The Kier molecular flexibility index (Phi) is 5.12. The largest absolute Gasteiger partial charge is 0.469 e. The smallest absolute Gasteiger partial charge is 0.441 e. The minimum atomic E-state index is -0.705. The fourth-order valence-corrected chi connectivity index (χ4v) is 1.16. The Bertz CT molecular complexity index is 449. The summed E-state index contributed by atoms with van der Waals surface area (Å²) in [5, 5.41) is 3.23. The van der Waals surface area contributed by atoms with E-state index in [1.807, 2.05) is 0 Å². The quantitative estimate of drug-likeness (QED) is 0.552. The van der Waals surface area contributed by atoms with Gasteiger partial charge in [-0.1, -0.05) is 11.2 Å². The van der Waals surface area contributed by atoms with Gasteiger partial charge >= 0.3 is 11.7 Å². The summed E-state index contributed by atoms with van der Waals surface area (Å²) in [4.78, 5) is 21.6. The van der Waals surface area contributed by atoms with Gasteiger partial charge in [0.15, 0.2) is 0 Å². The highest BCUT2D eigenvalue weighted by molar-refractivity contribution is 5.69. The molecule has 0 aliphatic rings. The SMILES string of the molecule is COC(=O)CCC/C=C(/F)Cn1cnoc1=O. The van der Waals surface area contributed by atoms with Crippen molar-refractivity contribution in [2.75, 3.05) is 7.11 Å². The maximum absolute atomic E-state index is 13.3. The molecule has 94 valence electrons. The van der Waals surface area contributed by atoms with Crippen LogP contribution in [-0.4, -0.2) is 22.8 Å². The molecule has 0 unspecified atom stereocenters. The Hall–Kier alpha value is -1.92. The molecule has 0 aliphatic heterocycles. The van der Waals surface area contributed by atoms with E-state index in [2.05, 4.69) is 14.4 Å². The van der Waals surface area contributed by atoms with Gasteiger partial charge in [-0.25, -0.2) is 9.18 Å². The van der Waals surface area contributed by atoms with Crippen LogP contribution in [0.2, 0.25) is 0 Å². The molecule has 0 bridgehead atoms. The fraction of sp³-hybridized carbons (Fsp3) is 0.500. The first-order valence-corrected chi connectivity index (χ1v) is 5.06. The van der Waals surface area contributed by atoms with Crippen LogP contribution >= 0.6 is 0 Å². The van der Waals surface area contributed by atoms with Crippen molar-refractivity contribution in [3.63, 3.8) is 0 Å². The molecule has 0 saturated heterocycles. The number of allylic oxidation sites excluding steroid dienone is 2. The maximum atomic E-state index is 13.3. The van der Waals surface area contributed by atoms with Crippen molar-refractivity contribution in [1.82, 2.24) is 9.72 Å². The van der Waals surface area contributed by atoms with Gasteiger partial charge in [-0.05, 0) is 12.8 Å². The minimum absolute atomic E-state index is 0.208. The minimum Gasteiger partial charge on any atom is -0.469 e. The molecule has 1 heterocycles. The molecule has 0 spiro atoms. The normalized spacial score (nSPS) is 11.5. The number of halogens is 1. The van der Waals surface area contributed by atoms with Gasteiger partial charge in [0.1, 0.15) is 12.2 Å². The lowest BCUT2D eigenvalue weighted by molar-refractivity contribution is -0.140. The van der Waals surface area contributed by atoms with E-state index in [1.54, 1.807) is 0 Å². The van der Waals surface area contributed by atoms with Gasteiger partial charge in [-0.15, -0.1) is 0 Å². The molecular formula is C10H13FN2O4. The Labute approximate surface area is 96.7 Å². The zero-order valence-corrected chi connectivity index (χ0v) is 9.39. The molecule has 0 saturated carbocycles. The van der Waals surface area contributed by atoms with E-state index in [0.717, 1.165) is 10.9 Å². The first kappa shape index (κ1) is 13.1. The molecule has 1 aromatic heterocycles. The molecule has 0 radical (unpaired) electrons. The van der Waals surface area contributed by atoms with Crippen molar-refractivity contribution in [2.24, 2.45) is 0 Å². The number of ether oxygens (including phenoxy) is 1. The van der Waals surface area contributed by atoms with Crippen molar-refractivity contribution in [3.8, 4) is 0 Å². The molecular weight excluding hydrogens is 231 g/mol. The number of rotatable bonds is 6. The average Bonchev–Trinajstić information content (AvgIpc) is 2.70. The molecule has 7 heteroatoms. The lowest BCUT2D eigenvalue weighted by atomic mass is 10.2. The molecule has 0 amide bonds. The van der Waals surface area contributed by atoms with Crippen LogP contribution in [0.5, 0.6) is 0 Å². The number of hydrogen-bond acceptors (Lipinski definition) is 5. The summed E-state index contributed by atoms with van der Waals surface area (Å²) in [6, 6.07) is 0. The standard InChI is InChI=1S/C10H13FN2O4/c1-16-9(14)5-3-2-4-8(11)6-13-7-12-17-10(13)15/h4,7H,2-3,5-6H2,1H3/b8-4+. The highest BCUT2D eigenvalue weighted by Gasteiger charge is 2.03. The molecule has 1 rings (SSSR count). The maximum Gasteiger partial charge on any atom is 0.441 e. The second-order valence-corrected chi connectivity index (χ2v) is 3.33. The van der Waals surface area contributed by atoms with Crippen LogP contribution in [0.1, 0.15) is 19.3 Å². The second-order valence-electron chi connectivity index (χ2n) is 3.33. The van der Waals surface area contributed by atoms with E-state index < -0.39 is 11.6 Å². The van der Waals surface area contributed by atoms with Gasteiger partial charge in [0.2, 0.25) is 0 Å². The number of esters is 1. The van der Waals surface area contributed by atoms with E-state index in [4.69, 9.17) is 0 Å². The average molecular weight is 244 g/mol. The van der Waals surface area contributed by atoms with Gasteiger partial charge in [-0.2, -0.15) is 0 Å². The Morgan fingerprint density at radius 2 is 2.47 bits per heavy atom. The summed E-state index contributed by atoms with van der Waals surface area (Å²) in [5.41, 5.74) is 0. The van der Waals surface area contributed by atoms with Crippen molar-refractivity contribution in [1.29, 1.82) is 0 Å². The Morgan fingerprint density at radius 1 is 1.71 bits per heavy atom. The molecule has 0 fully saturated rings. The lowest BCUT2D eigenvalue weighted by Crippen LogP contribution is -2.13. The van der Waals surface area contributed by atoms with E-state index in [-0.39, 0.29) is 18.9 Å². The van der Waals surface area contributed by atoms with E-state index >= 15 is 0 Å². The zero-order valence-electron chi connectivity index (χ0n) is 9.39. The third-order valence-corrected chi connectivity index (χ3v) is 2.05. The van der Waals surface area contributed by atoms with Crippen LogP contribution in [0.3, 0.4) is 0 Å². The van der Waals surface area contributed by atoms with Gasteiger partial charge in [-0.3, -0.25) is 13.9 Å². The first-order valence-electron chi connectivity index (χ1n) is 5.06. The summed E-state index contributed by atoms with van der Waals surface area (Å²) >= 11 is 0. The predicted molar refractivity (Wildman–Crippen MR) is 55.8 cm³/mol. The third-order valence-electron chi connectivity index (χ3n) is 2.05. The Balaban J connectivity index is 2.33. The Morgan fingerprint density at radius 3 is 3.06 bits per heavy atom. The predicted octanol–water partition coefficient (Wildman–Crippen LogP) is 1.03. The number of unbranched alkanes of at least 4 members (excludes halogenated alkanes) is 1. The zero-order chi connectivity index (χ0) is 12.7. The molecule has 0 atom stereocenters. The summed E-state index contributed by atoms with van der Waals surface area (Å²) in [5.74, 6) is -1.50. The molecule has 0 aromatic carbocycles. The number of aromatic nitrogens is 2. The van der Waals surface area contributed by atoms with Gasteiger partial charge in [0.05, 0.1) is 13.7 Å². The molecule has 17 heavy (non-hydrogen) atoms. The lowest BCUT2D eigenvalue weighted by Gasteiger charge is -1.98. The van der Waals surface area contributed by atoms with Crippen molar-refractivity contribution in [2.45, 2.75) is 25.8 Å². The summed E-state index contributed by atoms with van der Waals surface area (Å²) in [7, 11) is 1.30. The van der Waals surface area contributed by atoms with Crippen molar-refractivity contribution in [3.05, 3.63) is 28.8 Å². The highest BCUT2D eigenvalue weighted by Crippen LogP contribution is 2.05. The topological polar surface area (TPSA) is 74.3 Å². The van der Waals surface area contributed by atoms with Crippen LogP contribution in [0.25, 0.3) is 0 Å². The van der Waals surface area contributed by atoms with E-state index in [0.29, 0.717) is 12.8 Å². The fourth-order valence-electron chi connectivity index (χ4n) is 1.16. The second kappa shape index (κ2) is 6.62. The van der Waals surface area contributed by atoms with Crippen LogP contribution in [0.15, 0.2) is 27.5 Å². The summed E-state index contributed by atoms with van der Waals surface area (Å²) in [6.45, 7) is -0.208. The van der Waals surface area contributed by atoms with Gasteiger partial charge in [0, 0.05) is 6.42 Å². The number of carbonyl (C=O) groups is 1. The van der Waals surface area contributed by atoms with E-state index in [9.17, 15) is 14.0 Å². The summed E-state index contributed by atoms with van der Waals surface area (Å²) < 4.78 is 23.0. The highest BCUT2D eigenvalue weighted by atomic mass is 19.1. The van der Waals surface area contributed by atoms with Crippen LogP contribution in [0, 0.1) is 0 Å². The number of nitrogens with zero attached hydrogens (tertiary/aromatic N) is 2. The van der Waals surface area contributed by atoms with Gasteiger partial charge in [0.25, 0.3) is 0 Å². The molecule has 0 aliphatic carbocycles. The van der Waals surface area contributed by atoms with E-state index in [1.165, 1.54) is 13.2 Å². The molecule has 6 nitrogen and oxygen atoms in total. The van der Waals surface area contributed by atoms with Crippen molar-refractivity contribution < 1.29 is 18.4 Å².